The first kappa shape index (κ1) is 10.9. The van der Waals surface area contributed by atoms with E-state index in [2.05, 4.69) is 45.5 Å². The van der Waals surface area contributed by atoms with Crippen molar-refractivity contribution in [2.75, 3.05) is 0 Å². The number of nitrogens with zero attached hydrogens (tertiary/aromatic N) is 4. The molecule has 1 aromatic carbocycles. The lowest BCUT2D eigenvalue weighted by molar-refractivity contribution is 0.763. The minimum atomic E-state index is 0.653. The molecule has 0 aliphatic carbocycles. The molecule has 0 saturated carbocycles. The minimum absolute atomic E-state index is 0.653. The predicted octanol–water partition coefficient (Wildman–Crippen LogP) is 2.49. The van der Waals surface area contributed by atoms with Crippen molar-refractivity contribution in [1.82, 2.24) is 19.5 Å². The molecule has 18 heavy (non-hydrogen) atoms. The van der Waals surface area contributed by atoms with Crippen molar-refractivity contribution < 1.29 is 0 Å². The van der Waals surface area contributed by atoms with Crippen LogP contribution in [0.1, 0.15) is 17.0 Å². The molecule has 0 atom stereocenters. The van der Waals surface area contributed by atoms with Crippen LogP contribution < -0.4 is 0 Å². The number of aromatic nitrogens is 4. The Kier molecular flexibility index (Phi) is 2.55. The third kappa shape index (κ3) is 1.86. The standard InChI is InChI=1S/C14H14N4/c1-10-6-12-13(7-11(10)2)18(9-17-12)8-14-15-4-3-5-16-14/h3-7,9H,8H2,1-2H3. The van der Waals surface area contributed by atoms with Crippen LogP contribution in [0.5, 0.6) is 0 Å². The summed E-state index contributed by atoms with van der Waals surface area (Å²) < 4.78 is 2.08. The molecule has 0 aliphatic rings. The zero-order chi connectivity index (χ0) is 12.5. The van der Waals surface area contributed by atoms with Gasteiger partial charge in [-0.25, -0.2) is 15.0 Å². The van der Waals surface area contributed by atoms with Crippen molar-refractivity contribution in [2.45, 2.75) is 20.4 Å². The van der Waals surface area contributed by atoms with Crippen molar-refractivity contribution >= 4 is 11.0 Å². The smallest absolute Gasteiger partial charge is 0.147 e. The minimum Gasteiger partial charge on any atom is -0.323 e. The van der Waals surface area contributed by atoms with E-state index in [0.29, 0.717) is 6.54 Å². The fourth-order valence-electron chi connectivity index (χ4n) is 2.00. The Bertz CT molecular complexity index is 686. The fraction of sp³-hybridized carbons (Fsp3) is 0.214. The summed E-state index contributed by atoms with van der Waals surface area (Å²) in [7, 11) is 0. The van der Waals surface area contributed by atoms with Crippen LogP contribution in [0, 0.1) is 13.8 Å². The van der Waals surface area contributed by atoms with E-state index in [1.165, 1.54) is 11.1 Å². The maximum Gasteiger partial charge on any atom is 0.147 e. The number of hydrogen-bond donors (Lipinski definition) is 0. The molecule has 0 N–H and O–H groups in total. The third-order valence-electron chi connectivity index (χ3n) is 3.17. The maximum absolute atomic E-state index is 4.42. The lowest BCUT2D eigenvalue weighted by Crippen LogP contribution is -2.02. The molecule has 2 heterocycles. The van der Waals surface area contributed by atoms with Gasteiger partial charge in [0.2, 0.25) is 0 Å². The molecule has 0 bridgehead atoms. The summed E-state index contributed by atoms with van der Waals surface area (Å²) in [5.74, 6) is 0.801. The molecular weight excluding hydrogens is 224 g/mol. The van der Waals surface area contributed by atoms with Crippen molar-refractivity contribution in [3.05, 3.63) is 53.9 Å². The zero-order valence-corrected chi connectivity index (χ0v) is 10.5. The molecule has 4 heteroatoms. The van der Waals surface area contributed by atoms with E-state index in [-0.39, 0.29) is 0 Å². The summed E-state index contributed by atoms with van der Waals surface area (Å²) in [5.41, 5.74) is 4.70. The van der Waals surface area contributed by atoms with Crippen LogP contribution >= 0.6 is 0 Å². The van der Waals surface area contributed by atoms with E-state index in [4.69, 9.17) is 0 Å². The second-order valence-corrected chi connectivity index (χ2v) is 4.46. The van der Waals surface area contributed by atoms with Crippen LogP contribution in [-0.4, -0.2) is 19.5 Å². The summed E-state index contributed by atoms with van der Waals surface area (Å²) in [4.78, 5) is 12.9. The Balaban J connectivity index is 2.05. The molecule has 0 fully saturated rings. The fourth-order valence-corrected chi connectivity index (χ4v) is 2.00. The van der Waals surface area contributed by atoms with Gasteiger partial charge in [0, 0.05) is 12.4 Å². The van der Waals surface area contributed by atoms with Crippen molar-refractivity contribution in [3.8, 4) is 0 Å². The molecule has 4 nitrogen and oxygen atoms in total. The van der Waals surface area contributed by atoms with E-state index in [0.717, 1.165) is 16.9 Å². The van der Waals surface area contributed by atoms with Gasteiger partial charge in [-0.15, -0.1) is 0 Å². The Labute approximate surface area is 105 Å². The molecule has 0 aliphatic heterocycles. The lowest BCUT2D eigenvalue weighted by atomic mass is 10.1. The van der Waals surface area contributed by atoms with Crippen molar-refractivity contribution in [1.29, 1.82) is 0 Å². The van der Waals surface area contributed by atoms with Gasteiger partial charge in [-0.2, -0.15) is 0 Å². The molecule has 0 radical (unpaired) electrons. The highest BCUT2D eigenvalue weighted by Gasteiger charge is 2.06. The number of aryl methyl sites for hydroxylation is 2. The van der Waals surface area contributed by atoms with E-state index < -0.39 is 0 Å². The first-order valence-electron chi connectivity index (χ1n) is 5.92. The molecule has 0 unspecified atom stereocenters. The van der Waals surface area contributed by atoms with Crippen molar-refractivity contribution in [2.24, 2.45) is 0 Å². The van der Waals surface area contributed by atoms with Gasteiger partial charge in [0.05, 0.1) is 23.9 Å². The summed E-state index contributed by atoms with van der Waals surface area (Å²) in [6.07, 6.45) is 5.37. The van der Waals surface area contributed by atoms with E-state index >= 15 is 0 Å². The Morgan fingerprint density at radius 3 is 2.50 bits per heavy atom. The largest absolute Gasteiger partial charge is 0.323 e. The molecule has 3 rings (SSSR count). The second-order valence-electron chi connectivity index (χ2n) is 4.46. The van der Waals surface area contributed by atoms with Crippen LogP contribution in [0.25, 0.3) is 11.0 Å². The molecule has 0 amide bonds. The number of rotatable bonds is 2. The van der Waals surface area contributed by atoms with E-state index in [1.807, 2.05) is 12.4 Å². The molecular formula is C14H14N4. The average molecular weight is 238 g/mol. The van der Waals surface area contributed by atoms with Gasteiger partial charge in [0.1, 0.15) is 5.82 Å². The van der Waals surface area contributed by atoms with Gasteiger partial charge in [0.15, 0.2) is 0 Å². The normalized spacial score (nSPS) is 11.0. The lowest BCUT2D eigenvalue weighted by Gasteiger charge is -2.04. The Morgan fingerprint density at radius 2 is 1.72 bits per heavy atom. The molecule has 2 aromatic heterocycles. The Hall–Kier alpha value is -2.23. The predicted molar refractivity (Wildman–Crippen MR) is 70.3 cm³/mol. The van der Waals surface area contributed by atoms with Gasteiger partial charge in [-0.1, -0.05) is 0 Å². The van der Waals surface area contributed by atoms with Gasteiger partial charge in [0.25, 0.3) is 0 Å². The monoisotopic (exact) mass is 238 g/mol. The van der Waals surface area contributed by atoms with Crippen LogP contribution in [0.3, 0.4) is 0 Å². The number of hydrogen-bond acceptors (Lipinski definition) is 3. The van der Waals surface area contributed by atoms with Gasteiger partial charge in [-0.05, 0) is 43.2 Å². The first-order chi connectivity index (χ1) is 8.74. The Morgan fingerprint density at radius 1 is 1.00 bits per heavy atom. The number of benzene rings is 1. The SMILES string of the molecule is Cc1cc2ncn(Cc3ncccn3)c2cc1C. The molecule has 3 aromatic rings. The summed E-state index contributed by atoms with van der Waals surface area (Å²) in [5, 5.41) is 0. The highest BCUT2D eigenvalue weighted by atomic mass is 15.1. The summed E-state index contributed by atoms with van der Waals surface area (Å²) >= 11 is 0. The van der Waals surface area contributed by atoms with Crippen LogP contribution in [-0.2, 0) is 6.54 Å². The van der Waals surface area contributed by atoms with Gasteiger partial charge >= 0.3 is 0 Å². The third-order valence-corrected chi connectivity index (χ3v) is 3.17. The quantitative estimate of drug-likeness (QED) is 0.689. The maximum atomic E-state index is 4.42. The zero-order valence-electron chi connectivity index (χ0n) is 10.5. The van der Waals surface area contributed by atoms with Crippen molar-refractivity contribution in [3.63, 3.8) is 0 Å². The van der Waals surface area contributed by atoms with Gasteiger partial charge in [-0.3, -0.25) is 0 Å². The first-order valence-corrected chi connectivity index (χ1v) is 5.92. The second kappa shape index (κ2) is 4.22. The van der Waals surface area contributed by atoms with E-state index in [9.17, 15) is 0 Å². The topological polar surface area (TPSA) is 43.6 Å². The summed E-state index contributed by atoms with van der Waals surface area (Å²) in [6, 6.07) is 6.11. The molecule has 90 valence electrons. The van der Waals surface area contributed by atoms with Crippen LogP contribution in [0.2, 0.25) is 0 Å². The molecule has 0 saturated heterocycles. The number of imidazole rings is 1. The van der Waals surface area contributed by atoms with Crippen LogP contribution in [0.4, 0.5) is 0 Å². The molecule has 0 spiro atoms. The van der Waals surface area contributed by atoms with Crippen LogP contribution in [0.15, 0.2) is 36.9 Å². The van der Waals surface area contributed by atoms with Gasteiger partial charge < -0.3 is 4.57 Å². The number of fused-ring (bicyclic) bond motifs is 1. The summed E-state index contributed by atoms with van der Waals surface area (Å²) in [6.45, 7) is 4.87. The van der Waals surface area contributed by atoms with E-state index in [1.54, 1.807) is 12.4 Å². The average Bonchev–Trinajstić information content (AvgIpc) is 2.74. The highest BCUT2D eigenvalue weighted by Crippen LogP contribution is 2.18. The highest BCUT2D eigenvalue weighted by molar-refractivity contribution is 5.77.